The lowest BCUT2D eigenvalue weighted by atomic mass is 9.91. The Morgan fingerprint density at radius 1 is 1.35 bits per heavy atom. The highest BCUT2D eigenvalue weighted by molar-refractivity contribution is 5.87. The fourth-order valence-electron chi connectivity index (χ4n) is 3.64. The Morgan fingerprint density at radius 2 is 2.04 bits per heavy atom. The van der Waals surface area contributed by atoms with Gasteiger partial charge in [0, 0.05) is 36.0 Å². The molecule has 0 aliphatic heterocycles. The van der Waals surface area contributed by atoms with E-state index in [4.69, 9.17) is 9.47 Å². The first-order chi connectivity index (χ1) is 12.6. The summed E-state index contributed by atoms with van der Waals surface area (Å²) >= 11 is 0. The Hall–Kier alpha value is -2.54. The molecule has 1 aromatic heterocycles. The van der Waals surface area contributed by atoms with Crippen LogP contribution in [0.2, 0.25) is 0 Å². The van der Waals surface area contributed by atoms with Crippen LogP contribution in [0.15, 0.2) is 18.2 Å². The summed E-state index contributed by atoms with van der Waals surface area (Å²) < 4.78 is 12.7. The first-order valence-corrected chi connectivity index (χ1v) is 8.84. The highest BCUT2D eigenvalue weighted by Crippen LogP contribution is 2.29. The van der Waals surface area contributed by atoms with Crippen molar-refractivity contribution in [2.24, 2.45) is 0 Å². The number of rotatable bonds is 7. The van der Waals surface area contributed by atoms with Crippen LogP contribution >= 0.6 is 0 Å². The van der Waals surface area contributed by atoms with Crippen LogP contribution in [0, 0.1) is 0 Å². The predicted octanol–water partition coefficient (Wildman–Crippen LogP) is 2.27. The van der Waals surface area contributed by atoms with Gasteiger partial charge in [-0.2, -0.15) is 5.10 Å². The summed E-state index contributed by atoms with van der Waals surface area (Å²) in [4.78, 5) is 11.5. The van der Waals surface area contributed by atoms with Crippen LogP contribution in [0.4, 0.5) is 0 Å². The molecule has 26 heavy (non-hydrogen) atoms. The van der Waals surface area contributed by atoms with Crippen LogP contribution in [-0.4, -0.2) is 41.1 Å². The molecular weight excluding hydrogens is 334 g/mol. The van der Waals surface area contributed by atoms with E-state index in [-0.39, 0.29) is 11.7 Å². The SMILES string of the molecule is CCn1nc(C(=O)O)c2c1CC[C@H](NCc1c(OC)cccc1OC)C2. The number of hydrogen-bond acceptors (Lipinski definition) is 5. The number of nitrogens with zero attached hydrogens (tertiary/aromatic N) is 2. The fraction of sp³-hybridized carbons (Fsp3) is 0.474. The van der Waals surface area contributed by atoms with Crippen molar-refractivity contribution in [2.45, 2.75) is 45.3 Å². The molecule has 1 aromatic carbocycles. The van der Waals surface area contributed by atoms with Gasteiger partial charge in [-0.1, -0.05) is 6.07 Å². The number of aryl methyl sites for hydroxylation is 1. The van der Waals surface area contributed by atoms with Crippen LogP contribution in [0.3, 0.4) is 0 Å². The Morgan fingerprint density at radius 3 is 2.62 bits per heavy atom. The van der Waals surface area contributed by atoms with Gasteiger partial charge in [0.25, 0.3) is 0 Å². The van der Waals surface area contributed by atoms with E-state index >= 15 is 0 Å². The number of fused-ring (bicyclic) bond motifs is 1. The maximum atomic E-state index is 11.5. The van der Waals surface area contributed by atoms with E-state index in [0.29, 0.717) is 19.5 Å². The van der Waals surface area contributed by atoms with Gasteiger partial charge in [0.1, 0.15) is 11.5 Å². The molecule has 0 bridgehead atoms. The number of aromatic nitrogens is 2. The molecule has 0 unspecified atom stereocenters. The lowest BCUT2D eigenvalue weighted by molar-refractivity contribution is 0.0688. The van der Waals surface area contributed by atoms with Crippen molar-refractivity contribution in [3.63, 3.8) is 0 Å². The molecule has 2 aromatic rings. The summed E-state index contributed by atoms with van der Waals surface area (Å²) in [6.07, 6.45) is 2.42. The van der Waals surface area contributed by atoms with Crippen LogP contribution < -0.4 is 14.8 Å². The van der Waals surface area contributed by atoms with Gasteiger partial charge in [-0.05, 0) is 38.3 Å². The van der Waals surface area contributed by atoms with E-state index in [2.05, 4.69) is 10.4 Å². The second kappa shape index (κ2) is 7.78. The minimum atomic E-state index is -0.958. The predicted molar refractivity (Wildman–Crippen MR) is 97.1 cm³/mol. The quantitative estimate of drug-likeness (QED) is 0.789. The molecule has 1 aliphatic carbocycles. The van der Waals surface area contributed by atoms with E-state index < -0.39 is 5.97 Å². The number of nitrogens with one attached hydrogen (secondary N) is 1. The number of hydrogen-bond donors (Lipinski definition) is 2. The van der Waals surface area contributed by atoms with E-state index in [1.165, 1.54) is 0 Å². The zero-order valence-corrected chi connectivity index (χ0v) is 15.4. The van der Waals surface area contributed by atoms with E-state index in [0.717, 1.165) is 41.2 Å². The summed E-state index contributed by atoms with van der Waals surface area (Å²) in [5.74, 6) is 0.595. The number of methoxy groups -OCH3 is 2. The van der Waals surface area contributed by atoms with Gasteiger partial charge in [0.05, 0.1) is 14.2 Å². The third kappa shape index (κ3) is 3.39. The van der Waals surface area contributed by atoms with Crippen molar-refractivity contribution in [3.05, 3.63) is 40.7 Å². The van der Waals surface area contributed by atoms with Gasteiger partial charge < -0.3 is 19.9 Å². The second-order valence-corrected chi connectivity index (χ2v) is 6.36. The molecule has 0 saturated heterocycles. The maximum absolute atomic E-state index is 11.5. The third-order valence-electron chi connectivity index (χ3n) is 4.95. The first kappa shape index (κ1) is 18.3. The monoisotopic (exact) mass is 359 g/mol. The molecule has 0 spiro atoms. The highest BCUT2D eigenvalue weighted by atomic mass is 16.5. The molecule has 140 valence electrons. The summed E-state index contributed by atoms with van der Waals surface area (Å²) in [5, 5.41) is 17.2. The Balaban J connectivity index is 1.77. The second-order valence-electron chi connectivity index (χ2n) is 6.36. The van der Waals surface area contributed by atoms with Crippen molar-refractivity contribution in [1.29, 1.82) is 0 Å². The maximum Gasteiger partial charge on any atom is 0.356 e. The molecule has 7 heteroatoms. The average Bonchev–Trinajstić information content (AvgIpc) is 3.04. The topological polar surface area (TPSA) is 85.6 Å². The smallest absolute Gasteiger partial charge is 0.356 e. The van der Waals surface area contributed by atoms with Gasteiger partial charge in [0.2, 0.25) is 0 Å². The van der Waals surface area contributed by atoms with Gasteiger partial charge in [-0.25, -0.2) is 4.79 Å². The number of carboxylic acid groups (broad SMARTS) is 1. The van der Waals surface area contributed by atoms with Crippen LogP contribution in [0.1, 0.15) is 40.7 Å². The summed E-state index contributed by atoms with van der Waals surface area (Å²) in [6, 6.07) is 5.90. The zero-order chi connectivity index (χ0) is 18.7. The molecular formula is C19H25N3O4. The summed E-state index contributed by atoms with van der Waals surface area (Å²) in [7, 11) is 3.28. The van der Waals surface area contributed by atoms with Gasteiger partial charge >= 0.3 is 5.97 Å². The molecule has 1 atom stereocenters. The first-order valence-electron chi connectivity index (χ1n) is 8.84. The Labute approximate surface area is 152 Å². The molecule has 0 amide bonds. The van der Waals surface area contributed by atoms with Gasteiger partial charge in [-0.3, -0.25) is 4.68 Å². The molecule has 7 nitrogen and oxygen atoms in total. The molecule has 1 aliphatic rings. The largest absolute Gasteiger partial charge is 0.496 e. The molecule has 3 rings (SSSR count). The zero-order valence-electron chi connectivity index (χ0n) is 15.4. The fourth-order valence-corrected chi connectivity index (χ4v) is 3.64. The van der Waals surface area contributed by atoms with E-state index in [1.54, 1.807) is 14.2 Å². The number of carboxylic acids is 1. The van der Waals surface area contributed by atoms with Crippen molar-refractivity contribution < 1.29 is 19.4 Å². The lowest BCUT2D eigenvalue weighted by Crippen LogP contribution is -2.35. The number of benzene rings is 1. The van der Waals surface area contributed by atoms with Crippen molar-refractivity contribution >= 4 is 5.97 Å². The summed E-state index contributed by atoms with van der Waals surface area (Å²) in [5.41, 5.74) is 3.06. The van der Waals surface area contributed by atoms with Crippen LogP contribution in [0.5, 0.6) is 11.5 Å². The van der Waals surface area contributed by atoms with Crippen molar-refractivity contribution in [2.75, 3.05) is 14.2 Å². The number of ether oxygens (including phenoxy) is 2. The normalized spacial score (nSPS) is 16.2. The Kier molecular flexibility index (Phi) is 5.46. The molecule has 0 radical (unpaired) electrons. The van der Waals surface area contributed by atoms with Crippen LogP contribution in [-0.2, 0) is 25.9 Å². The highest BCUT2D eigenvalue weighted by Gasteiger charge is 2.28. The number of carbonyl (C=O) groups is 1. The Bertz CT molecular complexity index is 778. The molecule has 1 heterocycles. The lowest BCUT2D eigenvalue weighted by Gasteiger charge is -2.25. The molecule has 0 fully saturated rings. The minimum absolute atomic E-state index is 0.184. The van der Waals surface area contributed by atoms with Crippen molar-refractivity contribution in [3.8, 4) is 11.5 Å². The molecule has 0 saturated carbocycles. The molecule has 2 N–H and O–H groups in total. The summed E-state index contributed by atoms with van der Waals surface area (Å²) in [6.45, 7) is 3.26. The van der Waals surface area contributed by atoms with E-state index in [1.807, 2.05) is 29.8 Å². The number of aromatic carboxylic acids is 1. The third-order valence-corrected chi connectivity index (χ3v) is 4.95. The van der Waals surface area contributed by atoms with Crippen LogP contribution in [0.25, 0.3) is 0 Å². The van der Waals surface area contributed by atoms with Gasteiger partial charge in [-0.15, -0.1) is 0 Å². The minimum Gasteiger partial charge on any atom is -0.496 e. The average molecular weight is 359 g/mol. The van der Waals surface area contributed by atoms with E-state index in [9.17, 15) is 9.90 Å². The standard InChI is InChI=1S/C19H25N3O4/c1-4-22-15-9-8-12(10-13(15)18(21-22)19(23)24)20-11-14-16(25-2)6-5-7-17(14)26-3/h5-7,12,20H,4,8-11H2,1-3H3,(H,23,24)/t12-/m0/s1. The van der Waals surface area contributed by atoms with Crippen molar-refractivity contribution in [1.82, 2.24) is 15.1 Å². The van der Waals surface area contributed by atoms with Gasteiger partial charge in [0.15, 0.2) is 5.69 Å².